The molecule has 0 bridgehead atoms. The second-order valence-electron chi connectivity index (χ2n) is 5.15. The molecule has 0 saturated carbocycles. The molecule has 0 aliphatic carbocycles. The van der Waals surface area contributed by atoms with Crippen LogP contribution in [0.1, 0.15) is 10.4 Å². The number of amides is 1. The summed E-state index contributed by atoms with van der Waals surface area (Å²) in [4.78, 5) is 34.3. The van der Waals surface area contributed by atoms with Crippen molar-refractivity contribution in [2.45, 2.75) is 0 Å². The van der Waals surface area contributed by atoms with Gasteiger partial charge in [-0.3, -0.25) is 9.59 Å². The summed E-state index contributed by atoms with van der Waals surface area (Å²) in [5.41, 5.74) is 0.708. The summed E-state index contributed by atoms with van der Waals surface area (Å²) in [7, 11) is 1.40. The molecule has 2 rings (SSSR count). The van der Waals surface area contributed by atoms with Gasteiger partial charge < -0.3 is 19.5 Å². The van der Waals surface area contributed by atoms with Crippen LogP contribution in [0, 0.1) is 0 Å². The molecule has 0 heterocycles. The molecule has 0 aromatic heterocycles. The van der Waals surface area contributed by atoms with Crippen LogP contribution in [0.5, 0.6) is 11.5 Å². The van der Waals surface area contributed by atoms with Crippen molar-refractivity contribution in [1.29, 1.82) is 0 Å². The zero-order chi connectivity index (χ0) is 19.8. The molecule has 0 atom stereocenters. The van der Waals surface area contributed by atoms with E-state index in [4.69, 9.17) is 37.4 Å². The number of anilines is 1. The van der Waals surface area contributed by atoms with E-state index in [0.29, 0.717) is 33.3 Å². The smallest absolute Gasteiger partial charge is 0.344 e. The molecule has 1 N–H and O–H groups in total. The van der Waals surface area contributed by atoms with Gasteiger partial charge in [-0.25, -0.2) is 4.79 Å². The van der Waals surface area contributed by atoms with Crippen LogP contribution in [0.15, 0.2) is 36.4 Å². The molecular formula is C18H15Cl2NO6. The first kappa shape index (κ1) is 20.5. The predicted molar refractivity (Wildman–Crippen MR) is 99.9 cm³/mol. The fraction of sp³-hybridized carbons (Fsp3) is 0.167. The Morgan fingerprint density at radius 2 is 1.85 bits per heavy atom. The number of hydrogen-bond acceptors (Lipinski definition) is 6. The monoisotopic (exact) mass is 411 g/mol. The van der Waals surface area contributed by atoms with Gasteiger partial charge in [0.15, 0.2) is 24.7 Å². The highest BCUT2D eigenvalue weighted by Gasteiger charge is 2.12. The zero-order valence-corrected chi connectivity index (χ0v) is 15.7. The van der Waals surface area contributed by atoms with Crippen molar-refractivity contribution >= 4 is 47.1 Å². The van der Waals surface area contributed by atoms with E-state index in [1.54, 1.807) is 6.07 Å². The van der Waals surface area contributed by atoms with E-state index in [0.717, 1.165) is 0 Å². The van der Waals surface area contributed by atoms with E-state index in [9.17, 15) is 14.4 Å². The molecule has 2 aromatic rings. The van der Waals surface area contributed by atoms with Crippen molar-refractivity contribution in [3.63, 3.8) is 0 Å². The van der Waals surface area contributed by atoms with Gasteiger partial charge in [-0.2, -0.15) is 0 Å². The lowest BCUT2D eigenvalue weighted by atomic mass is 10.2. The molecule has 9 heteroatoms. The minimum absolute atomic E-state index is 0.259. The third-order valence-corrected chi connectivity index (χ3v) is 3.80. The minimum Gasteiger partial charge on any atom is -0.493 e. The predicted octanol–water partition coefficient (Wildman–Crippen LogP) is 3.38. The van der Waals surface area contributed by atoms with Crippen LogP contribution in [-0.4, -0.2) is 38.5 Å². The molecule has 0 radical (unpaired) electrons. The molecule has 2 aromatic carbocycles. The van der Waals surface area contributed by atoms with Crippen LogP contribution in [0.3, 0.4) is 0 Å². The fourth-order valence-electron chi connectivity index (χ4n) is 1.98. The topological polar surface area (TPSA) is 90.9 Å². The van der Waals surface area contributed by atoms with Crippen molar-refractivity contribution in [1.82, 2.24) is 0 Å². The van der Waals surface area contributed by atoms with Gasteiger partial charge in [0.1, 0.15) is 6.29 Å². The van der Waals surface area contributed by atoms with E-state index < -0.39 is 25.1 Å². The lowest BCUT2D eigenvalue weighted by Crippen LogP contribution is -2.23. The average molecular weight is 412 g/mol. The molecular weight excluding hydrogens is 397 g/mol. The van der Waals surface area contributed by atoms with Crippen LogP contribution >= 0.6 is 23.2 Å². The van der Waals surface area contributed by atoms with Crippen LogP contribution in [0.25, 0.3) is 0 Å². The highest BCUT2D eigenvalue weighted by molar-refractivity contribution is 6.35. The number of aldehydes is 1. The molecule has 0 saturated heterocycles. The highest BCUT2D eigenvalue weighted by Crippen LogP contribution is 2.27. The van der Waals surface area contributed by atoms with Gasteiger partial charge in [-0.15, -0.1) is 0 Å². The van der Waals surface area contributed by atoms with Gasteiger partial charge in [0.25, 0.3) is 5.91 Å². The average Bonchev–Trinajstić information content (AvgIpc) is 2.67. The summed E-state index contributed by atoms with van der Waals surface area (Å²) in [6.45, 7) is -0.964. The first-order valence-electron chi connectivity index (χ1n) is 7.59. The van der Waals surface area contributed by atoms with Crippen molar-refractivity contribution in [2.75, 3.05) is 25.6 Å². The van der Waals surface area contributed by atoms with Crippen LogP contribution < -0.4 is 14.8 Å². The largest absolute Gasteiger partial charge is 0.493 e. The maximum Gasteiger partial charge on any atom is 0.344 e. The molecule has 27 heavy (non-hydrogen) atoms. The molecule has 142 valence electrons. The van der Waals surface area contributed by atoms with Gasteiger partial charge in [0.05, 0.1) is 17.8 Å². The van der Waals surface area contributed by atoms with E-state index in [-0.39, 0.29) is 5.75 Å². The fourth-order valence-corrected chi connectivity index (χ4v) is 2.32. The highest BCUT2D eigenvalue weighted by atomic mass is 35.5. The number of rotatable bonds is 8. The molecule has 0 aliphatic rings. The summed E-state index contributed by atoms with van der Waals surface area (Å²) in [6.07, 6.45) is 0.658. The molecule has 0 unspecified atom stereocenters. The number of nitrogens with one attached hydrogen (secondary N) is 1. The number of halogens is 2. The van der Waals surface area contributed by atoms with E-state index >= 15 is 0 Å². The Hall–Kier alpha value is -2.77. The minimum atomic E-state index is -0.760. The second-order valence-corrected chi connectivity index (χ2v) is 5.99. The maximum absolute atomic E-state index is 11.8. The molecule has 0 spiro atoms. The van der Waals surface area contributed by atoms with E-state index in [1.807, 2.05) is 0 Å². The summed E-state index contributed by atoms with van der Waals surface area (Å²) in [5, 5.41) is 3.18. The quantitative estimate of drug-likeness (QED) is 0.528. The zero-order valence-electron chi connectivity index (χ0n) is 14.2. The van der Waals surface area contributed by atoms with Crippen LogP contribution in [-0.2, 0) is 14.3 Å². The standard InChI is InChI=1S/C18H15Cl2NO6/c1-25-16-6-11(8-22)2-5-15(16)26-10-18(24)27-9-17(23)21-14-7-12(19)3-4-13(14)20/h2-8H,9-10H2,1H3,(H,21,23). The summed E-state index contributed by atoms with van der Waals surface area (Å²) in [6, 6.07) is 9.05. The van der Waals surface area contributed by atoms with Gasteiger partial charge >= 0.3 is 5.97 Å². The van der Waals surface area contributed by atoms with Gasteiger partial charge in [-0.1, -0.05) is 23.2 Å². The Morgan fingerprint density at radius 3 is 2.56 bits per heavy atom. The van der Waals surface area contributed by atoms with Crippen LogP contribution in [0.2, 0.25) is 10.0 Å². The third kappa shape index (κ3) is 6.16. The second kappa shape index (κ2) is 9.80. The Kier molecular flexibility index (Phi) is 7.45. The SMILES string of the molecule is COc1cc(C=O)ccc1OCC(=O)OCC(=O)Nc1cc(Cl)ccc1Cl. The van der Waals surface area contributed by atoms with Crippen molar-refractivity contribution < 1.29 is 28.6 Å². The summed E-state index contributed by atoms with van der Waals surface area (Å²) >= 11 is 11.8. The molecule has 0 aliphatic heterocycles. The maximum atomic E-state index is 11.8. The lowest BCUT2D eigenvalue weighted by Gasteiger charge is -2.11. The van der Waals surface area contributed by atoms with Crippen molar-refractivity contribution in [3.8, 4) is 11.5 Å². The first-order chi connectivity index (χ1) is 12.9. The number of methoxy groups -OCH3 is 1. The Labute approximate surface area is 165 Å². The number of hydrogen-bond donors (Lipinski definition) is 1. The Bertz CT molecular complexity index is 856. The number of carbonyl (C=O) groups is 3. The third-order valence-electron chi connectivity index (χ3n) is 3.24. The van der Waals surface area contributed by atoms with Gasteiger partial charge in [-0.05, 0) is 36.4 Å². The molecule has 1 amide bonds. The van der Waals surface area contributed by atoms with Gasteiger partial charge in [0, 0.05) is 10.6 Å². The van der Waals surface area contributed by atoms with Crippen LogP contribution in [0.4, 0.5) is 5.69 Å². The Morgan fingerprint density at radius 1 is 1.07 bits per heavy atom. The number of benzene rings is 2. The molecule has 7 nitrogen and oxygen atoms in total. The molecule has 0 fully saturated rings. The van der Waals surface area contributed by atoms with Crippen molar-refractivity contribution in [2.24, 2.45) is 0 Å². The Balaban J connectivity index is 1.83. The summed E-state index contributed by atoms with van der Waals surface area (Å²) < 4.78 is 15.2. The number of esters is 1. The normalized spacial score (nSPS) is 10.0. The van der Waals surface area contributed by atoms with Gasteiger partial charge in [0.2, 0.25) is 0 Å². The lowest BCUT2D eigenvalue weighted by molar-refractivity contribution is -0.149. The number of carbonyl (C=O) groups excluding carboxylic acids is 3. The first-order valence-corrected chi connectivity index (χ1v) is 8.35. The number of ether oxygens (including phenoxy) is 3. The van der Waals surface area contributed by atoms with E-state index in [1.165, 1.54) is 37.4 Å². The summed E-state index contributed by atoms with van der Waals surface area (Å²) in [5.74, 6) is -0.791. The van der Waals surface area contributed by atoms with Crippen molar-refractivity contribution in [3.05, 3.63) is 52.0 Å². The van der Waals surface area contributed by atoms with E-state index in [2.05, 4.69) is 5.32 Å².